The first-order chi connectivity index (χ1) is 15.1. The Morgan fingerprint density at radius 3 is 2.74 bits per heavy atom. The molecule has 0 bridgehead atoms. The Kier molecular flexibility index (Phi) is 7.41. The molecule has 6 nitrogen and oxygen atoms in total. The fraction of sp³-hybridized carbons (Fsp3) is 0.542. The number of piperidine rings is 1. The van der Waals surface area contributed by atoms with Crippen LogP contribution in [0.5, 0.6) is 0 Å². The number of aromatic nitrogens is 2. The van der Waals surface area contributed by atoms with Crippen LogP contribution in [0.1, 0.15) is 44.9 Å². The molecular formula is C24H31ClN4O2. The summed E-state index contributed by atoms with van der Waals surface area (Å²) in [5, 5.41) is 10.4. The molecule has 31 heavy (non-hydrogen) atoms. The monoisotopic (exact) mass is 442 g/mol. The van der Waals surface area contributed by atoms with Crippen molar-refractivity contribution in [2.75, 3.05) is 24.5 Å². The predicted molar refractivity (Wildman–Crippen MR) is 123 cm³/mol. The largest absolute Gasteiger partial charge is 0.393 e. The number of hydrogen-bond donors (Lipinski definition) is 1. The van der Waals surface area contributed by atoms with Crippen molar-refractivity contribution in [2.45, 2.75) is 57.1 Å². The number of aliphatic hydroxyl groups excluding tert-OH is 1. The highest BCUT2D eigenvalue weighted by molar-refractivity contribution is 6.33. The van der Waals surface area contributed by atoms with Gasteiger partial charge in [-0.1, -0.05) is 17.7 Å². The number of halogens is 1. The lowest BCUT2D eigenvalue weighted by molar-refractivity contribution is -0.121. The summed E-state index contributed by atoms with van der Waals surface area (Å²) in [6.45, 7) is 2.65. The minimum Gasteiger partial charge on any atom is -0.393 e. The van der Waals surface area contributed by atoms with Crippen LogP contribution in [0, 0.1) is 5.92 Å². The maximum absolute atomic E-state index is 11.7. The standard InChI is InChI=1S/C24H31ClN4O2/c25-23-13-20(19-4-1-10-26-14-19)15-27-24(23)28-11-2-3-18(16-28)9-12-29(17-30)21-5-7-22(31)8-6-21/h1,4,10,13-15,17-18,21-22,31H,2-3,5-9,11-12,16H2. The molecule has 166 valence electrons. The summed E-state index contributed by atoms with van der Waals surface area (Å²) in [7, 11) is 0. The molecule has 2 aliphatic rings. The van der Waals surface area contributed by atoms with Gasteiger partial charge in [0.1, 0.15) is 5.82 Å². The summed E-state index contributed by atoms with van der Waals surface area (Å²) in [6, 6.07) is 6.15. The summed E-state index contributed by atoms with van der Waals surface area (Å²) in [5.41, 5.74) is 1.97. The summed E-state index contributed by atoms with van der Waals surface area (Å²) in [6.07, 6.45) is 12.9. The molecule has 1 aliphatic heterocycles. The van der Waals surface area contributed by atoms with Gasteiger partial charge >= 0.3 is 0 Å². The van der Waals surface area contributed by atoms with Crippen molar-refractivity contribution < 1.29 is 9.90 Å². The molecule has 1 atom stereocenters. The van der Waals surface area contributed by atoms with Crippen molar-refractivity contribution in [3.63, 3.8) is 0 Å². The lowest BCUT2D eigenvalue weighted by atomic mass is 9.91. The van der Waals surface area contributed by atoms with E-state index < -0.39 is 0 Å². The van der Waals surface area contributed by atoms with Gasteiger partial charge in [0.2, 0.25) is 6.41 Å². The molecule has 2 aromatic heterocycles. The van der Waals surface area contributed by atoms with Crippen LogP contribution in [-0.4, -0.2) is 58.2 Å². The van der Waals surface area contributed by atoms with Crippen LogP contribution in [0.2, 0.25) is 5.02 Å². The van der Waals surface area contributed by atoms with Gasteiger partial charge in [-0.05, 0) is 63.0 Å². The Morgan fingerprint density at radius 1 is 1.19 bits per heavy atom. The third-order valence-electron chi connectivity index (χ3n) is 6.70. The molecular weight excluding hydrogens is 412 g/mol. The van der Waals surface area contributed by atoms with E-state index >= 15 is 0 Å². The lowest BCUT2D eigenvalue weighted by Gasteiger charge is -2.37. The molecule has 1 N–H and O–H groups in total. The van der Waals surface area contributed by atoms with E-state index in [4.69, 9.17) is 11.6 Å². The van der Waals surface area contributed by atoms with Gasteiger partial charge in [0, 0.05) is 55.4 Å². The van der Waals surface area contributed by atoms with Crippen molar-refractivity contribution in [1.29, 1.82) is 0 Å². The molecule has 0 aromatic carbocycles. The Labute approximate surface area is 189 Å². The molecule has 0 radical (unpaired) electrons. The van der Waals surface area contributed by atoms with Crippen molar-refractivity contribution in [1.82, 2.24) is 14.9 Å². The number of pyridine rings is 2. The zero-order valence-corrected chi connectivity index (χ0v) is 18.6. The lowest BCUT2D eigenvalue weighted by Crippen LogP contribution is -2.41. The molecule has 1 aliphatic carbocycles. The van der Waals surface area contributed by atoms with E-state index in [0.29, 0.717) is 10.9 Å². The van der Waals surface area contributed by atoms with Crippen molar-refractivity contribution in [2.24, 2.45) is 5.92 Å². The highest BCUT2D eigenvalue weighted by atomic mass is 35.5. The summed E-state index contributed by atoms with van der Waals surface area (Å²) in [4.78, 5) is 24.7. The molecule has 1 saturated heterocycles. The average Bonchev–Trinajstić information content (AvgIpc) is 2.81. The number of carbonyl (C=O) groups is 1. The normalized spacial score (nSPS) is 24.1. The molecule has 2 aromatic rings. The second-order valence-electron chi connectivity index (χ2n) is 8.82. The Balaban J connectivity index is 1.35. The fourth-order valence-corrected chi connectivity index (χ4v) is 5.18. The highest BCUT2D eigenvalue weighted by Crippen LogP contribution is 2.32. The van der Waals surface area contributed by atoms with Crippen LogP contribution >= 0.6 is 11.6 Å². The molecule has 1 saturated carbocycles. The fourth-order valence-electron chi connectivity index (χ4n) is 4.89. The molecule has 2 fully saturated rings. The van der Waals surface area contributed by atoms with Gasteiger partial charge in [0.25, 0.3) is 0 Å². The van der Waals surface area contributed by atoms with Crippen molar-refractivity contribution in [3.05, 3.63) is 41.8 Å². The summed E-state index contributed by atoms with van der Waals surface area (Å²) in [5.74, 6) is 1.36. The van der Waals surface area contributed by atoms with E-state index in [9.17, 15) is 9.90 Å². The second kappa shape index (κ2) is 10.4. The number of anilines is 1. The zero-order valence-electron chi connectivity index (χ0n) is 17.9. The second-order valence-corrected chi connectivity index (χ2v) is 9.23. The minimum absolute atomic E-state index is 0.196. The summed E-state index contributed by atoms with van der Waals surface area (Å²) < 4.78 is 0. The zero-order chi connectivity index (χ0) is 21.6. The van der Waals surface area contributed by atoms with Crippen LogP contribution in [-0.2, 0) is 4.79 Å². The first-order valence-electron chi connectivity index (χ1n) is 11.3. The molecule has 4 rings (SSSR count). The van der Waals surface area contributed by atoms with Crippen LogP contribution in [0.15, 0.2) is 36.8 Å². The smallest absolute Gasteiger partial charge is 0.209 e. The van der Waals surface area contributed by atoms with Crippen molar-refractivity contribution >= 4 is 23.8 Å². The van der Waals surface area contributed by atoms with Crippen LogP contribution in [0.4, 0.5) is 5.82 Å². The topological polar surface area (TPSA) is 69.6 Å². The maximum Gasteiger partial charge on any atom is 0.209 e. The third-order valence-corrected chi connectivity index (χ3v) is 6.98. The average molecular weight is 443 g/mol. The predicted octanol–water partition coefficient (Wildman–Crippen LogP) is 4.17. The first kappa shape index (κ1) is 22.0. The van der Waals surface area contributed by atoms with E-state index in [-0.39, 0.29) is 12.1 Å². The molecule has 0 spiro atoms. The summed E-state index contributed by atoms with van der Waals surface area (Å²) >= 11 is 6.62. The van der Waals surface area contributed by atoms with Gasteiger partial charge in [0.15, 0.2) is 0 Å². The number of amides is 1. The Hall–Kier alpha value is -2.18. The number of hydrogen-bond acceptors (Lipinski definition) is 5. The Morgan fingerprint density at radius 2 is 2.03 bits per heavy atom. The van der Waals surface area contributed by atoms with Gasteiger partial charge in [-0.15, -0.1) is 0 Å². The number of aliphatic hydroxyl groups is 1. The SMILES string of the molecule is O=CN(CCC1CCCN(c2ncc(-c3cccnc3)cc2Cl)C1)C1CCC(O)CC1. The highest BCUT2D eigenvalue weighted by Gasteiger charge is 2.27. The van der Waals surface area contributed by atoms with Crippen LogP contribution in [0.3, 0.4) is 0 Å². The third kappa shape index (κ3) is 5.55. The van der Waals surface area contributed by atoms with Gasteiger partial charge in [-0.3, -0.25) is 9.78 Å². The minimum atomic E-state index is -0.196. The molecule has 7 heteroatoms. The van der Waals surface area contributed by atoms with Gasteiger partial charge in [-0.25, -0.2) is 4.98 Å². The quantitative estimate of drug-likeness (QED) is 0.652. The molecule has 1 unspecified atom stereocenters. The Bertz CT molecular complexity index is 858. The number of carbonyl (C=O) groups excluding carboxylic acids is 1. The van der Waals surface area contributed by atoms with E-state index in [1.54, 1.807) is 6.20 Å². The van der Waals surface area contributed by atoms with E-state index in [1.807, 2.05) is 35.5 Å². The van der Waals surface area contributed by atoms with E-state index in [1.165, 1.54) is 0 Å². The molecule has 1 amide bonds. The van der Waals surface area contributed by atoms with Gasteiger partial charge in [-0.2, -0.15) is 0 Å². The van der Waals surface area contributed by atoms with Crippen molar-refractivity contribution in [3.8, 4) is 11.1 Å². The van der Waals surface area contributed by atoms with E-state index in [2.05, 4.69) is 14.9 Å². The van der Waals surface area contributed by atoms with Gasteiger partial charge in [0.05, 0.1) is 11.1 Å². The van der Waals surface area contributed by atoms with E-state index in [0.717, 1.165) is 87.9 Å². The first-order valence-corrected chi connectivity index (χ1v) is 11.7. The number of nitrogens with zero attached hydrogens (tertiary/aromatic N) is 4. The van der Waals surface area contributed by atoms with Crippen LogP contribution in [0.25, 0.3) is 11.1 Å². The van der Waals surface area contributed by atoms with Crippen LogP contribution < -0.4 is 4.90 Å². The molecule has 3 heterocycles. The van der Waals surface area contributed by atoms with Gasteiger partial charge < -0.3 is 14.9 Å². The maximum atomic E-state index is 11.7. The number of rotatable bonds is 7.